The molecule has 0 heterocycles. The minimum absolute atomic E-state index is 0.118. The Labute approximate surface area is 115 Å². The van der Waals surface area contributed by atoms with Crippen molar-refractivity contribution in [3.63, 3.8) is 0 Å². The van der Waals surface area contributed by atoms with Crippen LogP contribution in [0.5, 0.6) is 5.75 Å². The fraction of sp³-hybridized carbons (Fsp3) is 0.533. The summed E-state index contributed by atoms with van der Waals surface area (Å²) < 4.78 is 5.29. The lowest BCUT2D eigenvalue weighted by atomic mass is 9.98. The van der Waals surface area contributed by atoms with Gasteiger partial charge in [-0.1, -0.05) is 38.5 Å². The normalized spacial score (nSPS) is 15.4. The Kier molecular flexibility index (Phi) is 5.83. The third-order valence-corrected chi connectivity index (χ3v) is 3.52. The Morgan fingerprint density at radius 2 is 2.00 bits per heavy atom. The summed E-state index contributed by atoms with van der Waals surface area (Å²) >= 11 is 0. The van der Waals surface area contributed by atoms with Gasteiger partial charge in [0.2, 0.25) is 5.91 Å². The zero-order valence-electron chi connectivity index (χ0n) is 12.1. The van der Waals surface area contributed by atoms with E-state index in [0.717, 1.165) is 17.7 Å². The Morgan fingerprint density at radius 1 is 1.37 bits per heavy atom. The van der Waals surface area contributed by atoms with Crippen LogP contribution in [0.15, 0.2) is 24.3 Å². The molecule has 0 bridgehead atoms. The van der Waals surface area contributed by atoms with Crippen LogP contribution in [0, 0.1) is 5.92 Å². The molecule has 1 amide bonds. The number of carbonyl (C=O) groups excluding carboxylic acids is 1. The van der Waals surface area contributed by atoms with Crippen molar-refractivity contribution in [2.45, 2.75) is 39.3 Å². The van der Waals surface area contributed by atoms with Crippen LogP contribution in [-0.2, 0) is 4.79 Å². The number of nitrogens with one attached hydrogen (secondary N) is 1. The number of nitrogens with two attached hydrogens (primary N) is 1. The van der Waals surface area contributed by atoms with E-state index in [9.17, 15) is 4.79 Å². The lowest BCUT2D eigenvalue weighted by Gasteiger charge is -2.22. The second kappa shape index (κ2) is 7.14. The number of ether oxygens (including phenoxy) is 1. The molecule has 1 unspecified atom stereocenters. The Bertz CT molecular complexity index is 420. The van der Waals surface area contributed by atoms with Crippen molar-refractivity contribution in [2.75, 3.05) is 7.11 Å². The molecule has 0 aliphatic heterocycles. The second-order valence-electron chi connectivity index (χ2n) is 4.88. The summed E-state index contributed by atoms with van der Waals surface area (Å²) in [7, 11) is 1.62. The molecule has 0 spiro atoms. The van der Waals surface area contributed by atoms with Crippen molar-refractivity contribution >= 4 is 5.91 Å². The highest BCUT2D eigenvalue weighted by Gasteiger charge is 2.22. The van der Waals surface area contributed by atoms with Gasteiger partial charge in [0.15, 0.2) is 0 Å². The van der Waals surface area contributed by atoms with E-state index in [2.05, 4.69) is 5.32 Å². The highest BCUT2D eigenvalue weighted by Crippen LogP contribution is 2.24. The molecule has 19 heavy (non-hydrogen) atoms. The van der Waals surface area contributed by atoms with Gasteiger partial charge in [-0.2, -0.15) is 0 Å². The molecule has 0 saturated heterocycles. The molecule has 0 aliphatic carbocycles. The van der Waals surface area contributed by atoms with Gasteiger partial charge in [-0.15, -0.1) is 0 Å². The SMILES string of the molecule is CCC(C)[C@H](N)C(=O)N[C@H](C)c1ccccc1OC. The van der Waals surface area contributed by atoms with Crippen molar-refractivity contribution in [1.82, 2.24) is 5.32 Å². The molecule has 1 aromatic carbocycles. The summed E-state index contributed by atoms with van der Waals surface area (Å²) in [5, 5.41) is 2.94. The van der Waals surface area contributed by atoms with Crippen molar-refractivity contribution < 1.29 is 9.53 Å². The molecule has 4 heteroatoms. The zero-order chi connectivity index (χ0) is 14.4. The minimum Gasteiger partial charge on any atom is -0.496 e. The summed E-state index contributed by atoms with van der Waals surface area (Å²) in [6.07, 6.45) is 0.887. The van der Waals surface area contributed by atoms with E-state index in [4.69, 9.17) is 10.5 Å². The van der Waals surface area contributed by atoms with Gasteiger partial charge in [0.05, 0.1) is 19.2 Å². The third kappa shape index (κ3) is 3.96. The van der Waals surface area contributed by atoms with Crippen LogP contribution < -0.4 is 15.8 Å². The quantitative estimate of drug-likeness (QED) is 0.828. The van der Waals surface area contributed by atoms with Gasteiger partial charge in [-0.25, -0.2) is 0 Å². The molecule has 3 atom stereocenters. The molecule has 1 aromatic rings. The summed E-state index contributed by atoms with van der Waals surface area (Å²) in [6, 6.07) is 7.06. The van der Waals surface area contributed by atoms with Gasteiger partial charge < -0.3 is 15.8 Å². The number of rotatable bonds is 6. The number of hydrogen-bond acceptors (Lipinski definition) is 3. The molecule has 0 aromatic heterocycles. The first kappa shape index (κ1) is 15.5. The third-order valence-electron chi connectivity index (χ3n) is 3.52. The molecule has 0 saturated carbocycles. The highest BCUT2D eigenvalue weighted by atomic mass is 16.5. The fourth-order valence-electron chi connectivity index (χ4n) is 1.92. The molecule has 0 fully saturated rings. The van der Waals surface area contributed by atoms with Gasteiger partial charge in [0.25, 0.3) is 0 Å². The Morgan fingerprint density at radius 3 is 2.58 bits per heavy atom. The second-order valence-corrected chi connectivity index (χ2v) is 4.88. The predicted molar refractivity (Wildman–Crippen MR) is 77.0 cm³/mol. The van der Waals surface area contributed by atoms with Crippen molar-refractivity contribution in [3.05, 3.63) is 29.8 Å². The van der Waals surface area contributed by atoms with Crippen LogP contribution in [0.25, 0.3) is 0 Å². The molecule has 1 rings (SSSR count). The van der Waals surface area contributed by atoms with E-state index in [1.165, 1.54) is 0 Å². The van der Waals surface area contributed by atoms with E-state index in [1.807, 2.05) is 45.0 Å². The Hall–Kier alpha value is -1.55. The van der Waals surface area contributed by atoms with Crippen molar-refractivity contribution in [1.29, 1.82) is 0 Å². The lowest BCUT2D eigenvalue weighted by molar-refractivity contribution is -0.124. The largest absolute Gasteiger partial charge is 0.496 e. The molecule has 4 nitrogen and oxygen atoms in total. The topological polar surface area (TPSA) is 64.4 Å². The first-order valence-corrected chi connectivity index (χ1v) is 6.70. The van der Waals surface area contributed by atoms with Gasteiger partial charge >= 0.3 is 0 Å². The van der Waals surface area contributed by atoms with Crippen LogP contribution in [0.3, 0.4) is 0 Å². The van der Waals surface area contributed by atoms with Crippen LogP contribution in [0.1, 0.15) is 38.8 Å². The number of methoxy groups -OCH3 is 1. The van der Waals surface area contributed by atoms with E-state index in [0.29, 0.717) is 0 Å². The molecule has 3 N–H and O–H groups in total. The van der Waals surface area contributed by atoms with Crippen LogP contribution in [0.4, 0.5) is 0 Å². The standard InChI is InChI=1S/C15H24N2O2/c1-5-10(2)14(16)15(18)17-11(3)12-8-6-7-9-13(12)19-4/h6-11,14H,5,16H2,1-4H3,(H,17,18)/t10?,11-,14+/m1/s1. The van der Waals surface area contributed by atoms with Crippen LogP contribution in [0.2, 0.25) is 0 Å². The average molecular weight is 264 g/mol. The van der Waals surface area contributed by atoms with Gasteiger partial charge in [0, 0.05) is 5.56 Å². The van der Waals surface area contributed by atoms with Gasteiger partial charge in [-0.05, 0) is 18.9 Å². The average Bonchev–Trinajstić information content (AvgIpc) is 2.45. The number of carbonyl (C=O) groups is 1. The van der Waals surface area contributed by atoms with E-state index in [-0.39, 0.29) is 17.9 Å². The van der Waals surface area contributed by atoms with Crippen molar-refractivity contribution in [3.8, 4) is 5.75 Å². The maximum atomic E-state index is 12.0. The first-order valence-electron chi connectivity index (χ1n) is 6.70. The number of benzene rings is 1. The van der Waals surface area contributed by atoms with Crippen molar-refractivity contribution in [2.24, 2.45) is 11.7 Å². The summed E-state index contributed by atoms with van der Waals surface area (Å²) in [4.78, 5) is 12.0. The maximum Gasteiger partial charge on any atom is 0.237 e. The first-order chi connectivity index (χ1) is 9.01. The summed E-state index contributed by atoms with van der Waals surface area (Å²) in [5.41, 5.74) is 6.88. The Balaban J connectivity index is 2.74. The predicted octanol–water partition coefficient (Wildman–Crippen LogP) is 2.25. The van der Waals surface area contributed by atoms with Gasteiger partial charge in [0.1, 0.15) is 5.75 Å². The molecular formula is C15H24N2O2. The van der Waals surface area contributed by atoms with Crippen LogP contribution >= 0.6 is 0 Å². The molecule has 0 radical (unpaired) electrons. The summed E-state index contributed by atoms with van der Waals surface area (Å²) in [5.74, 6) is 0.824. The summed E-state index contributed by atoms with van der Waals surface area (Å²) in [6.45, 7) is 5.94. The monoisotopic (exact) mass is 264 g/mol. The lowest BCUT2D eigenvalue weighted by Crippen LogP contribution is -2.45. The number of para-hydroxylation sites is 1. The zero-order valence-corrected chi connectivity index (χ0v) is 12.1. The van der Waals surface area contributed by atoms with Crippen LogP contribution in [-0.4, -0.2) is 19.1 Å². The maximum absolute atomic E-state index is 12.0. The fourth-order valence-corrected chi connectivity index (χ4v) is 1.92. The number of amides is 1. The van der Waals surface area contributed by atoms with E-state index < -0.39 is 6.04 Å². The molecule has 106 valence electrons. The molecular weight excluding hydrogens is 240 g/mol. The van der Waals surface area contributed by atoms with E-state index in [1.54, 1.807) is 7.11 Å². The van der Waals surface area contributed by atoms with Gasteiger partial charge in [-0.3, -0.25) is 4.79 Å². The van der Waals surface area contributed by atoms with E-state index >= 15 is 0 Å². The highest BCUT2D eigenvalue weighted by molar-refractivity contribution is 5.82. The number of hydrogen-bond donors (Lipinski definition) is 2. The molecule has 0 aliphatic rings. The smallest absolute Gasteiger partial charge is 0.237 e. The minimum atomic E-state index is -0.470.